The van der Waals surface area contributed by atoms with Crippen LogP contribution in [-0.4, -0.2) is 77.1 Å². The minimum atomic E-state index is -1.71. The molecule has 15 nitrogen and oxygen atoms in total. The molecule has 0 N–H and O–H groups in total. The van der Waals surface area contributed by atoms with Crippen molar-refractivity contribution in [3.63, 3.8) is 0 Å². The van der Waals surface area contributed by atoms with Crippen molar-refractivity contribution < 1.29 is 61.9 Å². The Morgan fingerprint density at radius 3 is 1.92 bits per heavy atom. The fraction of sp³-hybridized carbons (Fsp3) is 0.667. The lowest BCUT2D eigenvalue weighted by molar-refractivity contribution is -0.777. The Bertz CT molecular complexity index is 1100. The molecule has 0 saturated heterocycles. The summed E-state index contributed by atoms with van der Waals surface area (Å²) in [6.07, 6.45) is -5.41. The van der Waals surface area contributed by atoms with E-state index < -0.39 is 67.0 Å². The Morgan fingerprint density at radius 1 is 0.795 bits per heavy atom. The first-order valence-electron chi connectivity index (χ1n) is 12.4. The lowest BCUT2D eigenvalue weighted by Crippen LogP contribution is -2.53. The van der Waals surface area contributed by atoms with Crippen LogP contribution in [0.2, 0.25) is 0 Å². The van der Waals surface area contributed by atoms with Crippen LogP contribution in [0.3, 0.4) is 0 Å². The third-order valence-corrected chi connectivity index (χ3v) is 5.37. The molecule has 0 bridgehead atoms. The monoisotopic (exact) mass is 556 g/mol. The fourth-order valence-corrected chi connectivity index (χ4v) is 4.09. The number of rotatable bonds is 11. The van der Waals surface area contributed by atoms with Crippen molar-refractivity contribution in [3.05, 3.63) is 11.6 Å². The standard InChI is InChI=1S/C24H34N3O12/c1-7-34-24(33)27-23(25-19-10-8-9-11-26(19)27)22(39-17(6)32)21(38-16(5)31)20(37-15(4)30)18(36-14(3)29)12-35-13(2)28/h18,20-22H,7-12H2,1-6H3/q+1/t18-,20-,21-,22+/m1/s1. The summed E-state index contributed by atoms with van der Waals surface area (Å²) in [7, 11) is 0. The zero-order chi connectivity index (χ0) is 29.3. The van der Waals surface area contributed by atoms with Gasteiger partial charge in [0.25, 0.3) is 0 Å². The molecule has 1 aromatic heterocycles. The molecular formula is C24H34N3O12+. The Hall–Kier alpha value is -4.04. The lowest BCUT2D eigenvalue weighted by Gasteiger charge is -2.34. The van der Waals surface area contributed by atoms with Gasteiger partial charge >= 0.3 is 47.6 Å². The Morgan fingerprint density at radius 2 is 1.38 bits per heavy atom. The minimum absolute atomic E-state index is 0.0182. The number of aryl methyl sites for hydroxylation is 1. The van der Waals surface area contributed by atoms with Crippen LogP contribution in [0, 0.1) is 0 Å². The molecule has 216 valence electrons. The van der Waals surface area contributed by atoms with E-state index >= 15 is 0 Å². The average molecular weight is 557 g/mol. The van der Waals surface area contributed by atoms with Crippen LogP contribution >= 0.6 is 0 Å². The van der Waals surface area contributed by atoms with Gasteiger partial charge in [0.05, 0.1) is 13.0 Å². The Kier molecular flexibility index (Phi) is 11.4. The molecule has 1 aromatic rings. The molecule has 0 aliphatic carbocycles. The maximum Gasteiger partial charge on any atom is 0.453 e. The van der Waals surface area contributed by atoms with Gasteiger partial charge in [0.1, 0.15) is 13.2 Å². The molecule has 0 radical (unpaired) electrons. The van der Waals surface area contributed by atoms with E-state index in [1.807, 2.05) is 0 Å². The van der Waals surface area contributed by atoms with Gasteiger partial charge in [-0.05, 0) is 24.7 Å². The van der Waals surface area contributed by atoms with Crippen molar-refractivity contribution in [1.82, 2.24) is 9.67 Å². The van der Waals surface area contributed by atoms with Gasteiger partial charge < -0.3 is 28.4 Å². The van der Waals surface area contributed by atoms with Gasteiger partial charge in [-0.1, -0.05) is 4.68 Å². The molecule has 1 aliphatic rings. The summed E-state index contributed by atoms with van der Waals surface area (Å²) in [4.78, 5) is 77.7. The minimum Gasteiger partial charge on any atom is -0.462 e. The van der Waals surface area contributed by atoms with Crippen LogP contribution in [0.25, 0.3) is 0 Å². The number of esters is 5. The molecule has 0 spiro atoms. The van der Waals surface area contributed by atoms with Crippen molar-refractivity contribution in [2.75, 3.05) is 13.2 Å². The number of hydrogen-bond donors (Lipinski definition) is 0. The second-order valence-electron chi connectivity index (χ2n) is 8.61. The maximum atomic E-state index is 13.1. The second-order valence-corrected chi connectivity index (χ2v) is 8.61. The van der Waals surface area contributed by atoms with E-state index in [-0.39, 0.29) is 12.4 Å². The molecule has 0 aromatic carbocycles. The van der Waals surface area contributed by atoms with E-state index in [1.165, 1.54) is 0 Å². The van der Waals surface area contributed by atoms with E-state index in [1.54, 1.807) is 11.6 Å². The predicted molar refractivity (Wildman–Crippen MR) is 126 cm³/mol. The first-order valence-corrected chi connectivity index (χ1v) is 12.4. The third-order valence-electron chi connectivity index (χ3n) is 5.37. The van der Waals surface area contributed by atoms with Gasteiger partial charge in [-0.3, -0.25) is 24.0 Å². The molecule has 1 aliphatic heterocycles. The van der Waals surface area contributed by atoms with E-state index in [0.717, 1.165) is 52.1 Å². The first-order chi connectivity index (χ1) is 18.3. The quantitative estimate of drug-likeness (QED) is 0.209. The summed E-state index contributed by atoms with van der Waals surface area (Å²) in [5.74, 6) is -3.92. The van der Waals surface area contributed by atoms with Gasteiger partial charge in [-0.2, -0.15) is 0 Å². The number of carbonyl (C=O) groups is 6. The summed E-state index contributed by atoms with van der Waals surface area (Å²) in [5, 5.41) is 0. The fourth-order valence-electron chi connectivity index (χ4n) is 4.09. The van der Waals surface area contributed by atoms with Crippen molar-refractivity contribution >= 4 is 35.9 Å². The van der Waals surface area contributed by atoms with Crippen LogP contribution < -0.4 is 4.68 Å². The Balaban J connectivity index is 2.79. The first kappa shape index (κ1) is 31.2. The van der Waals surface area contributed by atoms with Crippen LogP contribution in [0.1, 0.15) is 72.1 Å². The summed E-state index contributed by atoms with van der Waals surface area (Å²) in [6, 6.07) is 0. The summed E-state index contributed by atoms with van der Waals surface area (Å²) in [5.41, 5.74) is 0. The highest BCUT2D eigenvalue weighted by atomic mass is 16.6. The van der Waals surface area contributed by atoms with Crippen molar-refractivity contribution in [2.45, 2.75) is 91.8 Å². The smallest absolute Gasteiger partial charge is 0.453 e. The molecule has 0 fully saturated rings. The van der Waals surface area contributed by atoms with Gasteiger partial charge in [0, 0.05) is 34.6 Å². The van der Waals surface area contributed by atoms with Crippen LogP contribution in [0.4, 0.5) is 4.79 Å². The number of fused-ring (bicyclic) bond motifs is 1. The number of hydrogen-bond acceptors (Lipinski definition) is 13. The topological polar surface area (TPSA) is 180 Å². The molecule has 0 amide bonds. The Labute approximate surface area is 224 Å². The van der Waals surface area contributed by atoms with Gasteiger partial charge in [-0.15, -0.1) is 4.68 Å². The van der Waals surface area contributed by atoms with E-state index in [9.17, 15) is 28.8 Å². The van der Waals surface area contributed by atoms with Gasteiger partial charge in [0.2, 0.25) is 6.10 Å². The summed E-state index contributed by atoms with van der Waals surface area (Å²) >= 11 is 0. The summed E-state index contributed by atoms with van der Waals surface area (Å²) in [6.45, 7) is 6.75. The second kappa shape index (κ2) is 14.2. The highest BCUT2D eigenvalue weighted by molar-refractivity contribution is 5.71. The van der Waals surface area contributed by atoms with Crippen molar-refractivity contribution in [1.29, 1.82) is 0 Å². The molecule has 0 saturated carbocycles. The molecule has 4 atom stereocenters. The zero-order valence-electron chi connectivity index (χ0n) is 22.8. The highest BCUT2D eigenvalue weighted by Crippen LogP contribution is 2.30. The number of aromatic nitrogens is 3. The van der Waals surface area contributed by atoms with E-state index in [2.05, 4.69) is 4.98 Å². The highest BCUT2D eigenvalue weighted by Gasteiger charge is 2.50. The maximum absolute atomic E-state index is 13.1. The molecular weight excluding hydrogens is 522 g/mol. The lowest BCUT2D eigenvalue weighted by atomic mass is 10.0. The number of nitrogens with zero attached hydrogens (tertiary/aromatic N) is 3. The molecule has 2 rings (SSSR count). The van der Waals surface area contributed by atoms with Crippen molar-refractivity contribution in [2.24, 2.45) is 0 Å². The average Bonchev–Trinajstić information content (AvgIpc) is 3.21. The van der Waals surface area contributed by atoms with Crippen LogP contribution in [-0.2, 0) is 65.4 Å². The molecule has 2 heterocycles. The van der Waals surface area contributed by atoms with Crippen LogP contribution in [0.15, 0.2) is 0 Å². The SMILES string of the molecule is CCOC(=O)n1c([C@@H](OC(C)=O)[C@H](OC(C)=O)[C@H](OC(C)=O)[C@@H](COC(C)=O)OC(C)=O)nc2[n+]1CCCC2. The van der Waals surface area contributed by atoms with Gasteiger partial charge in [0.15, 0.2) is 18.3 Å². The predicted octanol–water partition coefficient (Wildman–Crippen LogP) is 0.474. The summed E-state index contributed by atoms with van der Waals surface area (Å²) < 4.78 is 34.5. The van der Waals surface area contributed by atoms with E-state index in [4.69, 9.17) is 28.4 Å². The largest absolute Gasteiger partial charge is 0.462 e. The van der Waals surface area contributed by atoms with Crippen molar-refractivity contribution in [3.8, 4) is 0 Å². The van der Waals surface area contributed by atoms with Gasteiger partial charge in [-0.25, -0.2) is 4.79 Å². The normalized spacial score (nSPS) is 15.4. The molecule has 39 heavy (non-hydrogen) atoms. The molecule has 15 heteroatoms. The zero-order valence-corrected chi connectivity index (χ0v) is 22.8. The number of carbonyl (C=O) groups excluding carboxylic acids is 6. The third kappa shape index (κ3) is 8.75. The molecule has 0 unspecified atom stereocenters. The van der Waals surface area contributed by atoms with Crippen LogP contribution in [0.5, 0.6) is 0 Å². The number of ether oxygens (including phenoxy) is 6. The van der Waals surface area contributed by atoms with E-state index in [0.29, 0.717) is 18.8 Å².